The zero-order chi connectivity index (χ0) is 28.0. The lowest BCUT2D eigenvalue weighted by Gasteiger charge is -2.26. The van der Waals surface area contributed by atoms with Gasteiger partial charge in [-0.05, 0) is 105 Å². The summed E-state index contributed by atoms with van der Waals surface area (Å²) in [7, 11) is -3.17. The highest BCUT2D eigenvalue weighted by atomic mass is 32.1. The molecule has 2 aliphatic carbocycles. The summed E-state index contributed by atoms with van der Waals surface area (Å²) in [5.41, 5.74) is 1.96. The fourth-order valence-corrected chi connectivity index (χ4v) is 4.77. The first-order valence-corrected chi connectivity index (χ1v) is 13.4. The predicted octanol–water partition coefficient (Wildman–Crippen LogP) is 9.35. The van der Waals surface area contributed by atoms with E-state index >= 15 is 4.39 Å². The average Bonchev–Trinajstić information content (AvgIpc) is 2.98. The van der Waals surface area contributed by atoms with Crippen LogP contribution in [0.25, 0.3) is 0 Å². The lowest BCUT2D eigenvalue weighted by molar-refractivity contribution is 0.333. The van der Waals surface area contributed by atoms with E-state index in [-0.39, 0.29) is 24.8 Å². The zero-order valence-electron chi connectivity index (χ0n) is 21.8. The van der Waals surface area contributed by atoms with Gasteiger partial charge in [-0.1, -0.05) is 32.1 Å². The van der Waals surface area contributed by atoms with E-state index in [4.69, 9.17) is 5.02 Å². The monoisotopic (exact) mass is 548 g/mol. The van der Waals surface area contributed by atoms with Crippen LogP contribution in [-0.4, -0.2) is 30.1 Å². The number of hydrogen-bond acceptors (Lipinski definition) is 2. The van der Waals surface area contributed by atoms with Gasteiger partial charge >= 0.3 is 7.47 Å². The summed E-state index contributed by atoms with van der Waals surface area (Å²) < 4.78 is 77.7. The summed E-state index contributed by atoms with van der Waals surface area (Å²) in [6, 6.07) is 0. The molecule has 0 aromatic rings. The van der Waals surface area contributed by atoms with Crippen molar-refractivity contribution in [1.82, 2.24) is 0 Å². The fourth-order valence-electron chi connectivity index (χ4n) is 4.47. The topological polar surface area (TPSA) is 20.2 Å². The molecule has 1 saturated carbocycles. The number of allylic oxidation sites excluding steroid dienone is 12. The van der Waals surface area contributed by atoms with Gasteiger partial charge in [-0.25, -0.2) is 17.6 Å². The van der Waals surface area contributed by atoms with Crippen molar-refractivity contribution in [2.24, 2.45) is 11.8 Å². The van der Waals surface area contributed by atoms with Crippen molar-refractivity contribution in [2.75, 3.05) is 0 Å². The SMILES string of the molecule is C/C=C(\C=C/CC1=CC(F)CC(C(=C/C(F)CC)/C=C(/F)CC)C(F)=C1)C1CCC(S)CC1.OB(F)F. The summed E-state index contributed by atoms with van der Waals surface area (Å²) in [5, 5.41) is 7.20. The first kappa shape index (κ1) is 33.4. The molecule has 0 bridgehead atoms. The molecule has 9 heteroatoms. The molecule has 0 saturated heterocycles. The predicted molar refractivity (Wildman–Crippen MR) is 145 cm³/mol. The maximum Gasteiger partial charge on any atom is 0.718 e. The van der Waals surface area contributed by atoms with Crippen LogP contribution in [0.4, 0.5) is 26.2 Å². The number of rotatable bonds is 9. The Morgan fingerprint density at radius 2 is 1.81 bits per heavy atom. The van der Waals surface area contributed by atoms with Gasteiger partial charge in [0.25, 0.3) is 0 Å². The number of halogens is 6. The first-order valence-electron chi connectivity index (χ1n) is 12.9. The van der Waals surface area contributed by atoms with Crippen LogP contribution in [0.2, 0.25) is 0 Å². The molecule has 1 fully saturated rings. The van der Waals surface area contributed by atoms with Crippen LogP contribution >= 0.6 is 12.6 Å². The van der Waals surface area contributed by atoms with E-state index in [9.17, 15) is 21.8 Å². The smallest absolute Gasteiger partial charge is 0.395 e. The van der Waals surface area contributed by atoms with Gasteiger partial charge in [0.2, 0.25) is 0 Å². The Balaban J connectivity index is 0.00000159. The van der Waals surface area contributed by atoms with Gasteiger partial charge in [0.05, 0.1) is 5.83 Å². The standard InChI is InChI=1S/C28H38F4S.BF2HO/c1-4-20(21-10-12-26(33)13-11-21)9-7-8-19-14-25(31)18-27(28(32)15-19)22(16-23(29)5-2)17-24(30)6-3;2-1(3)4/h4,7,9,14-17,21,23,25-27,33H,5-6,8,10-13,18H2,1-3H3;4H/b9-7-,20-4+,22-16+,24-17+;. The van der Waals surface area contributed by atoms with Crippen LogP contribution in [0, 0.1) is 11.8 Å². The molecule has 37 heavy (non-hydrogen) atoms. The second-order valence-electron chi connectivity index (χ2n) is 9.29. The van der Waals surface area contributed by atoms with Crippen LogP contribution in [-0.2, 0) is 0 Å². The summed E-state index contributed by atoms with van der Waals surface area (Å²) in [6.45, 7) is 5.30. The van der Waals surface area contributed by atoms with Crippen LogP contribution in [0.1, 0.15) is 72.1 Å². The minimum Gasteiger partial charge on any atom is -0.395 e. The molecule has 3 atom stereocenters. The van der Waals surface area contributed by atoms with E-state index in [1.165, 1.54) is 23.8 Å². The van der Waals surface area contributed by atoms with Crippen molar-refractivity contribution in [3.05, 3.63) is 70.9 Å². The van der Waals surface area contributed by atoms with Gasteiger partial charge in [0.15, 0.2) is 0 Å². The molecule has 2 aliphatic rings. The Labute approximate surface area is 223 Å². The Bertz CT molecular complexity index is 869. The Morgan fingerprint density at radius 1 is 1.19 bits per heavy atom. The fraction of sp³-hybridized carbons (Fsp3) is 0.571. The van der Waals surface area contributed by atoms with Gasteiger partial charge in [0.1, 0.15) is 18.2 Å². The van der Waals surface area contributed by atoms with Crippen molar-refractivity contribution >= 4 is 20.1 Å². The van der Waals surface area contributed by atoms with Gasteiger partial charge in [-0.2, -0.15) is 12.6 Å². The minimum atomic E-state index is -3.17. The Morgan fingerprint density at radius 3 is 2.35 bits per heavy atom. The maximum atomic E-state index is 15.2. The zero-order valence-corrected chi connectivity index (χ0v) is 22.7. The number of alkyl halides is 2. The highest BCUT2D eigenvalue weighted by Crippen LogP contribution is 2.36. The minimum absolute atomic E-state index is 0.120. The van der Waals surface area contributed by atoms with Crippen molar-refractivity contribution in [3.63, 3.8) is 0 Å². The van der Waals surface area contributed by atoms with E-state index in [1.54, 1.807) is 13.8 Å². The molecule has 0 aromatic heterocycles. The van der Waals surface area contributed by atoms with Crippen molar-refractivity contribution in [2.45, 2.75) is 89.7 Å². The molecule has 3 unspecified atom stereocenters. The van der Waals surface area contributed by atoms with Crippen LogP contribution in [0.3, 0.4) is 0 Å². The second kappa shape index (κ2) is 17.8. The van der Waals surface area contributed by atoms with Crippen molar-refractivity contribution < 1.29 is 31.2 Å². The summed E-state index contributed by atoms with van der Waals surface area (Å²) in [6.07, 6.45) is 13.5. The molecule has 0 amide bonds. The molecule has 0 spiro atoms. The summed E-state index contributed by atoms with van der Waals surface area (Å²) >= 11 is 4.56. The van der Waals surface area contributed by atoms with Crippen LogP contribution in [0.5, 0.6) is 0 Å². The lowest BCUT2D eigenvalue weighted by Crippen LogP contribution is -2.15. The lowest BCUT2D eigenvalue weighted by atomic mass is 9.83. The van der Waals surface area contributed by atoms with E-state index < -0.39 is 37.4 Å². The molecular formula is C28H39BF6OS. The Hall–Kier alpha value is -1.61. The molecular weight excluding hydrogens is 509 g/mol. The largest absolute Gasteiger partial charge is 0.718 e. The highest BCUT2D eigenvalue weighted by Gasteiger charge is 2.26. The third-order valence-corrected chi connectivity index (χ3v) is 7.02. The second-order valence-corrected chi connectivity index (χ2v) is 10.0. The molecule has 1 N–H and O–H groups in total. The van der Waals surface area contributed by atoms with Gasteiger partial charge in [-0.3, -0.25) is 8.63 Å². The van der Waals surface area contributed by atoms with E-state index in [0.717, 1.165) is 31.8 Å². The third-order valence-electron chi connectivity index (χ3n) is 6.50. The maximum absolute atomic E-state index is 15.2. The average molecular weight is 548 g/mol. The van der Waals surface area contributed by atoms with Gasteiger partial charge in [0, 0.05) is 11.2 Å². The molecule has 0 aliphatic heterocycles. The molecule has 0 heterocycles. The van der Waals surface area contributed by atoms with Crippen molar-refractivity contribution in [1.29, 1.82) is 0 Å². The van der Waals surface area contributed by atoms with Gasteiger partial charge < -0.3 is 5.02 Å². The van der Waals surface area contributed by atoms with Crippen LogP contribution in [0.15, 0.2) is 70.9 Å². The van der Waals surface area contributed by atoms with E-state index in [0.29, 0.717) is 23.2 Å². The first-order chi connectivity index (χ1) is 17.5. The molecule has 2 rings (SSSR count). The van der Waals surface area contributed by atoms with Crippen molar-refractivity contribution in [3.8, 4) is 0 Å². The molecule has 1 nitrogen and oxygen atoms in total. The highest BCUT2D eigenvalue weighted by molar-refractivity contribution is 7.80. The van der Waals surface area contributed by atoms with Crippen LogP contribution < -0.4 is 0 Å². The van der Waals surface area contributed by atoms with E-state index in [2.05, 4.69) is 24.8 Å². The quantitative estimate of drug-likeness (QED) is 0.127. The molecule has 0 radical (unpaired) electrons. The number of thiol groups is 1. The summed E-state index contributed by atoms with van der Waals surface area (Å²) in [5.74, 6) is -1.52. The van der Waals surface area contributed by atoms with E-state index in [1.807, 2.05) is 13.0 Å². The summed E-state index contributed by atoms with van der Waals surface area (Å²) in [4.78, 5) is 0. The molecule has 208 valence electrons. The normalized spacial score (nSPS) is 26.6. The Kier molecular flexibility index (Phi) is 16.1. The number of hydrogen-bond donors (Lipinski definition) is 2. The van der Waals surface area contributed by atoms with Gasteiger partial charge in [-0.15, -0.1) is 0 Å². The third kappa shape index (κ3) is 13.1. The molecule has 0 aromatic carbocycles.